The van der Waals surface area contributed by atoms with Crippen molar-refractivity contribution >= 4 is 26.7 Å². The Kier molecular flexibility index (Phi) is 7.68. The summed E-state index contributed by atoms with van der Waals surface area (Å²) < 4.78 is 9.79. The van der Waals surface area contributed by atoms with Gasteiger partial charge in [0, 0.05) is 68.8 Å². The highest BCUT2D eigenvalue weighted by atomic mass is 31.0. The smallest absolute Gasteiger partial charge is 0.219 e. The first kappa shape index (κ1) is 25.9. The van der Waals surface area contributed by atoms with Gasteiger partial charge in [0.25, 0.3) is 0 Å². The van der Waals surface area contributed by atoms with Crippen LogP contribution < -0.4 is 4.90 Å². The molecule has 1 fully saturated rings. The van der Waals surface area contributed by atoms with Gasteiger partial charge in [-0.2, -0.15) is 10.2 Å². The average molecular weight is 523 g/mol. The van der Waals surface area contributed by atoms with Gasteiger partial charge in [-0.3, -0.25) is 14.2 Å². The zero-order valence-electron chi connectivity index (χ0n) is 22.5. The first-order valence-corrected chi connectivity index (χ1v) is 14.4. The Hall–Kier alpha value is -2.70. The SMILES string of the molecule is CC.CC(=O)N1CCc2c(c(N3CC(CP)Cc4cc(-c5cnn(C)c5)ccc43)nn2C2CCOC2)C1. The Morgan fingerprint density at radius 3 is 2.76 bits per heavy atom. The predicted molar refractivity (Wildman–Crippen MR) is 150 cm³/mol. The minimum atomic E-state index is 0.126. The van der Waals surface area contributed by atoms with Crippen molar-refractivity contribution in [2.24, 2.45) is 13.0 Å². The number of benzene rings is 1. The molecule has 0 bridgehead atoms. The lowest BCUT2D eigenvalue weighted by Gasteiger charge is -2.36. The number of carbonyl (C=O) groups is 1. The summed E-state index contributed by atoms with van der Waals surface area (Å²) in [4.78, 5) is 16.6. The molecule has 1 saturated heterocycles. The number of amides is 1. The summed E-state index contributed by atoms with van der Waals surface area (Å²) in [6.07, 6.45) is 7.89. The van der Waals surface area contributed by atoms with E-state index < -0.39 is 0 Å². The average Bonchev–Trinajstić information content (AvgIpc) is 3.68. The lowest BCUT2D eigenvalue weighted by Crippen LogP contribution is -2.37. The maximum Gasteiger partial charge on any atom is 0.219 e. The number of ether oxygens (including phenoxy) is 1. The maximum absolute atomic E-state index is 12.3. The molecule has 3 atom stereocenters. The number of carbonyl (C=O) groups excluding carboxylic acids is 1. The van der Waals surface area contributed by atoms with E-state index in [1.165, 1.54) is 28.1 Å². The number of aryl methyl sites for hydroxylation is 1. The molecule has 0 saturated carbocycles. The van der Waals surface area contributed by atoms with Crippen LogP contribution in [-0.2, 0) is 36.0 Å². The highest BCUT2D eigenvalue weighted by Crippen LogP contribution is 2.41. The first-order valence-electron chi connectivity index (χ1n) is 13.5. The van der Waals surface area contributed by atoms with Gasteiger partial charge in [-0.15, -0.1) is 9.24 Å². The molecular weight excluding hydrogens is 483 g/mol. The summed E-state index contributed by atoms with van der Waals surface area (Å²) in [7, 11) is 4.89. The molecule has 0 radical (unpaired) electrons. The van der Waals surface area contributed by atoms with E-state index in [0.717, 1.165) is 56.5 Å². The number of hydrogen-bond acceptors (Lipinski definition) is 5. The Balaban J connectivity index is 0.00000137. The van der Waals surface area contributed by atoms with Gasteiger partial charge < -0.3 is 14.5 Å². The molecule has 198 valence electrons. The van der Waals surface area contributed by atoms with Crippen LogP contribution in [0.15, 0.2) is 30.6 Å². The second-order valence-electron chi connectivity index (χ2n) is 10.1. The maximum atomic E-state index is 12.3. The van der Waals surface area contributed by atoms with Crippen LogP contribution in [0, 0.1) is 5.92 Å². The molecule has 1 amide bonds. The van der Waals surface area contributed by atoms with Gasteiger partial charge in [-0.1, -0.05) is 19.9 Å². The fraction of sp³-hybridized carbons (Fsp3) is 0.536. The van der Waals surface area contributed by atoms with Crippen LogP contribution in [0.25, 0.3) is 11.1 Å². The Bertz CT molecular complexity index is 1260. The van der Waals surface area contributed by atoms with Crippen molar-refractivity contribution in [3.05, 3.63) is 47.4 Å². The number of rotatable bonds is 4. The van der Waals surface area contributed by atoms with E-state index in [9.17, 15) is 4.79 Å². The first-order chi connectivity index (χ1) is 18.0. The molecule has 3 aliphatic rings. The molecule has 0 N–H and O–H groups in total. The number of fused-ring (bicyclic) bond motifs is 2. The van der Waals surface area contributed by atoms with E-state index in [4.69, 9.17) is 9.84 Å². The monoisotopic (exact) mass is 522 g/mol. The summed E-state index contributed by atoms with van der Waals surface area (Å²) in [5.74, 6) is 1.65. The molecule has 9 heteroatoms. The van der Waals surface area contributed by atoms with E-state index >= 15 is 0 Å². The van der Waals surface area contributed by atoms with Gasteiger partial charge in [0.05, 0.1) is 25.4 Å². The fourth-order valence-corrected chi connectivity index (χ4v) is 6.10. The number of hydrogen-bond donors (Lipinski definition) is 0. The van der Waals surface area contributed by atoms with Crippen LogP contribution in [0.3, 0.4) is 0 Å². The molecule has 2 aromatic heterocycles. The third kappa shape index (κ3) is 4.94. The number of anilines is 2. The molecular formula is C28H39N6O2P. The molecule has 1 aromatic carbocycles. The van der Waals surface area contributed by atoms with Gasteiger partial charge in [0.1, 0.15) is 0 Å². The third-order valence-corrected chi connectivity index (χ3v) is 8.38. The molecule has 3 aromatic rings. The Morgan fingerprint density at radius 2 is 2.08 bits per heavy atom. The topological polar surface area (TPSA) is 68.4 Å². The zero-order valence-corrected chi connectivity index (χ0v) is 23.6. The van der Waals surface area contributed by atoms with Gasteiger partial charge >= 0.3 is 0 Å². The van der Waals surface area contributed by atoms with E-state index in [1.807, 2.05) is 36.7 Å². The Morgan fingerprint density at radius 1 is 1.24 bits per heavy atom. The van der Waals surface area contributed by atoms with Crippen molar-refractivity contribution in [3.8, 4) is 11.1 Å². The van der Waals surface area contributed by atoms with E-state index in [0.29, 0.717) is 19.1 Å². The molecule has 3 aliphatic heterocycles. The van der Waals surface area contributed by atoms with Gasteiger partial charge in [0.15, 0.2) is 5.82 Å². The van der Waals surface area contributed by atoms with Crippen LogP contribution in [0.1, 0.15) is 50.1 Å². The zero-order chi connectivity index (χ0) is 26.1. The van der Waals surface area contributed by atoms with Crippen molar-refractivity contribution in [1.29, 1.82) is 0 Å². The predicted octanol–water partition coefficient (Wildman–Crippen LogP) is 4.36. The summed E-state index contributed by atoms with van der Waals surface area (Å²) in [6, 6.07) is 7.03. The minimum absolute atomic E-state index is 0.126. The third-order valence-electron chi connectivity index (χ3n) is 7.71. The van der Waals surface area contributed by atoms with Gasteiger partial charge in [-0.25, -0.2) is 0 Å². The quantitative estimate of drug-likeness (QED) is 0.477. The lowest BCUT2D eigenvalue weighted by molar-refractivity contribution is -0.129. The van der Waals surface area contributed by atoms with E-state index in [-0.39, 0.29) is 11.9 Å². The normalized spacial score (nSPS) is 20.8. The van der Waals surface area contributed by atoms with Crippen molar-refractivity contribution < 1.29 is 9.53 Å². The molecule has 6 rings (SSSR count). The standard InChI is InChI=1S/C26H33N6O2P.C2H6/c1-17(33)30-7-5-25-23(14-30)26(28-32(25)22-6-8-34-15-22)31-12-18(16-35)9-20-10-19(3-4-24(20)31)21-11-27-29(2)13-21;1-2/h3-4,10-11,13,18,22H,5-9,12,14-16,35H2,1-2H3;1-2H3. The summed E-state index contributed by atoms with van der Waals surface area (Å²) in [6.45, 7) is 9.46. The largest absolute Gasteiger partial charge is 0.379 e. The van der Waals surface area contributed by atoms with Crippen LogP contribution >= 0.6 is 9.24 Å². The van der Waals surface area contributed by atoms with Crippen molar-refractivity contribution in [2.75, 3.05) is 37.4 Å². The summed E-state index contributed by atoms with van der Waals surface area (Å²) in [5.41, 5.74) is 7.37. The van der Waals surface area contributed by atoms with Crippen LogP contribution in [-0.4, -0.2) is 62.8 Å². The molecule has 8 nitrogen and oxygen atoms in total. The molecule has 5 heterocycles. The van der Waals surface area contributed by atoms with Crippen LogP contribution in [0.5, 0.6) is 0 Å². The molecule has 0 aliphatic carbocycles. The van der Waals surface area contributed by atoms with E-state index in [2.05, 4.69) is 48.3 Å². The second-order valence-corrected chi connectivity index (χ2v) is 10.5. The summed E-state index contributed by atoms with van der Waals surface area (Å²) >= 11 is 0. The molecule has 37 heavy (non-hydrogen) atoms. The molecule has 3 unspecified atom stereocenters. The second kappa shape index (κ2) is 11.0. The number of nitrogens with zero attached hydrogens (tertiary/aromatic N) is 6. The molecule has 0 spiro atoms. The van der Waals surface area contributed by atoms with Crippen molar-refractivity contribution in [1.82, 2.24) is 24.5 Å². The lowest BCUT2D eigenvalue weighted by atomic mass is 9.91. The van der Waals surface area contributed by atoms with E-state index in [1.54, 1.807) is 6.92 Å². The van der Waals surface area contributed by atoms with Gasteiger partial charge in [0.2, 0.25) is 5.91 Å². The number of aromatic nitrogens is 4. The highest BCUT2D eigenvalue weighted by molar-refractivity contribution is 7.16. The van der Waals surface area contributed by atoms with Crippen molar-refractivity contribution in [3.63, 3.8) is 0 Å². The minimum Gasteiger partial charge on any atom is -0.379 e. The summed E-state index contributed by atoms with van der Waals surface area (Å²) in [5, 5.41) is 9.60. The highest BCUT2D eigenvalue weighted by Gasteiger charge is 2.35. The van der Waals surface area contributed by atoms with Crippen molar-refractivity contribution in [2.45, 2.75) is 52.6 Å². The Labute approximate surface area is 222 Å². The fourth-order valence-electron chi connectivity index (χ4n) is 5.78. The van der Waals surface area contributed by atoms with Crippen LogP contribution in [0.4, 0.5) is 11.5 Å². The van der Waals surface area contributed by atoms with Gasteiger partial charge in [-0.05, 0) is 48.2 Å². The van der Waals surface area contributed by atoms with Crippen LogP contribution in [0.2, 0.25) is 0 Å².